The highest BCUT2D eigenvalue weighted by Gasteiger charge is 2.05. The molecule has 0 unspecified atom stereocenters. The molecule has 0 bridgehead atoms. The van der Waals surface area contributed by atoms with Crippen LogP contribution in [0.25, 0.3) is 5.69 Å². The van der Waals surface area contributed by atoms with Crippen LogP contribution in [0.5, 0.6) is 5.75 Å². The van der Waals surface area contributed by atoms with E-state index in [9.17, 15) is 0 Å². The van der Waals surface area contributed by atoms with Crippen molar-refractivity contribution in [3.05, 3.63) is 60.4 Å². The molecule has 3 rings (SSSR count). The predicted octanol–water partition coefficient (Wildman–Crippen LogP) is 3.67. The summed E-state index contributed by atoms with van der Waals surface area (Å²) in [5, 5.41) is 16.4. The van der Waals surface area contributed by atoms with E-state index >= 15 is 0 Å². The number of rotatable bonds is 5. The summed E-state index contributed by atoms with van der Waals surface area (Å²) in [5.74, 6) is 1.28. The van der Waals surface area contributed by atoms with Crippen LogP contribution in [0.15, 0.2) is 54.9 Å². The summed E-state index contributed by atoms with van der Waals surface area (Å²) in [6.07, 6.45) is 1.74. The minimum Gasteiger partial charge on any atom is -0.491 e. The maximum atomic E-state index is 8.84. The van der Waals surface area contributed by atoms with E-state index in [0.29, 0.717) is 11.5 Å². The Morgan fingerprint density at radius 2 is 1.96 bits per heavy atom. The Balaban J connectivity index is 1.75. The largest absolute Gasteiger partial charge is 0.491 e. The highest BCUT2D eigenvalue weighted by Crippen LogP contribution is 2.21. The molecule has 0 saturated carbocycles. The van der Waals surface area contributed by atoms with Gasteiger partial charge in [0.15, 0.2) is 0 Å². The van der Waals surface area contributed by atoms with Crippen LogP contribution in [0.1, 0.15) is 19.4 Å². The van der Waals surface area contributed by atoms with Gasteiger partial charge in [-0.1, -0.05) is 6.07 Å². The van der Waals surface area contributed by atoms with Crippen molar-refractivity contribution in [3.63, 3.8) is 0 Å². The predicted molar refractivity (Wildman–Crippen MR) is 91.6 cm³/mol. The zero-order chi connectivity index (χ0) is 16.9. The average molecular weight is 319 g/mol. The fourth-order valence-corrected chi connectivity index (χ4v) is 2.18. The normalized spacial score (nSPS) is 10.4. The third kappa shape index (κ3) is 3.70. The maximum absolute atomic E-state index is 8.84. The van der Waals surface area contributed by atoms with Crippen LogP contribution in [0, 0.1) is 11.3 Å². The molecule has 0 aliphatic rings. The number of nitriles is 1. The van der Waals surface area contributed by atoms with Crippen molar-refractivity contribution in [2.75, 3.05) is 5.32 Å². The quantitative estimate of drug-likeness (QED) is 0.776. The first-order valence-electron chi connectivity index (χ1n) is 7.60. The lowest BCUT2D eigenvalue weighted by Gasteiger charge is -2.10. The van der Waals surface area contributed by atoms with Gasteiger partial charge in [-0.3, -0.25) is 0 Å². The average Bonchev–Trinajstić information content (AvgIpc) is 3.03. The third-order valence-electron chi connectivity index (χ3n) is 3.21. The summed E-state index contributed by atoms with van der Waals surface area (Å²) >= 11 is 0. The maximum Gasteiger partial charge on any atom is 0.246 e. The third-order valence-corrected chi connectivity index (χ3v) is 3.21. The number of aromatic nitrogens is 3. The first-order chi connectivity index (χ1) is 11.6. The molecule has 0 fully saturated rings. The monoisotopic (exact) mass is 319 g/mol. The van der Waals surface area contributed by atoms with Gasteiger partial charge in [-0.15, -0.1) is 5.10 Å². The summed E-state index contributed by atoms with van der Waals surface area (Å²) in [6, 6.07) is 16.9. The van der Waals surface area contributed by atoms with E-state index < -0.39 is 0 Å². The van der Waals surface area contributed by atoms with Crippen molar-refractivity contribution in [1.29, 1.82) is 5.26 Å². The second-order valence-corrected chi connectivity index (χ2v) is 5.49. The highest BCUT2D eigenvalue weighted by atomic mass is 16.5. The van der Waals surface area contributed by atoms with Gasteiger partial charge >= 0.3 is 0 Å². The van der Waals surface area contributed by atoms with Gasteiger partial charge < -0.3 is 10.1 Å². The molecule has 1 aromatic heterocycles. The van der Waals surface area contributed by atoms with Crippen molar-refractivity contribution >= 4 is 11.6 Å². The molecule has 2 aromatic carbocycles. The van der Waals surface area contributed by atoms with Crippen molar-refractivity contribution in [2.24, 2.45) is 0 Å². The topological polar surface area (TPSA) is 75.8 Å². The van der Waals surface area contributed by atoms with Gasteiger partial charge in [-0.2, -0.15) is 10.2 Å². The van der Waals surface area contributed by atoms with E-state index in [1.165, 1.54) is 0 Å². The summed E-state index contributed by atoms with van der Waals surface area (Å²) < 4.78 is 7.33. The number of ether oxygens (including phenoxy) is 1. The Hall–Kier alpha value is -3.33. The fraction of sp³-hybridized carbons (Fsp3) is 0.167. The molecule has 6 nitrogen and oxygen atoms in total. The lowest BCUT2D eigenvalue weighted by molar-refractivity contribution is 0.242. The standard InChI is InChI=1S/C18H17N5O/c1-13(2)24-17-5-3-4-15(10-17)21-18-20-12-23(22-18)16-8-6-14(11-19)7-9-16/h3-10,12-13H,1-2H3,(H,21,22). The second kappa shape index (κ2) is 6.84. The smallest absolute Gasteiger partial charge is 0.246 e. The molecule has 120 valence electrons. The first kappa shape index (κ1) is 15.6. The van der Waals surface area contributed by atoms with E-state index in [-0.39, 0.29) is 6.10 Å². The molecule has 6 heteroatoms. The van der Waals surface area contributed by atoms with Crippen LogP contribution in [0.3, 0.4) is 0 Å². The van der Waals surface area contributed by atoms with Crippen LogP contribution in [0.4, 0.5) is 11.6 Å². The van der Waals surface area contributed by atoms with Gasteiger partial charge in [0.25, 0.3) is 0 Å². The number of nitrogens with zero attached hydrogens (tertiary/aromatic N) is 4. The van der Waals surface area contributed by atoms with E-state index in [4.69, 9.17) is 10.00 Å². The van der Waals surface area contributed by atoms with Crippen molar-refractivity contribution in [2.45, 2.75) is 20.0 Å². The van der Waals surface area contributed by atoms with Crippen LogP contribution in [-0.4, -0.2) is 20.9 Å². The molecule has 0 atom stereocenters. The molecule has 0 aliphatic heterocycles. The molecule has 1 heterocycles. The molecular formula is C18H17N5O. The molecule has 0 amide bonds. The molecule has 24 heavy (non-hydrogen) atoms. The summed E-state index contributed by atoms with van der Waals surface area (Å²) in [4.78, 5) is 4.26. The molecule has 3 aromatic rings. The Morgan fingerprint density at radius 3 is 2.67 bits per heavy atom. The van der Waals surface area contributed by atoms with Gasteiger partial charge in [0.2, 0.25) is 5.95 Å². The molecule has 0 spiro atoms. The Kier molecular flexibility index (Phi) is 4.43. The van der Waals surface area contributed by atoms with Crippen LogP contribution in [0.2, 0.25) is 0 Å². The number of benzene rings is 2. The minimum absolute atomic E-state index is 0.119. The van der Waals surface area contributed by atoms with E-state index in [2.05, 4.69) is 21.5 Å². The summed E-state index contributed by atoms with van der Waals surface area (Å²) in [6.45, 7) is 3.97. The Labute approximate surface area is 140 Å². The summed E-state index contributed by atoms with van der Waals surface area (Å²) in [5.41, 5.74) is 2.30. The first-order valence-corrected chi connectivity index (χ1v) is 7.60. The lowest BCUT2D eigenvalue weighted by atomic mass is 10.2. The lowest BCUT2D eigenvalue weighted by Crippen LogP contribution is -2.05. The minimum atomic E-state index is 0.119. The second-order valence-electron chi connectivity index (χ2n) is 5.49. The van der Waals surface area contributed by atoms with E-state index in [1.807, 2.05) is 50.2 Å². The van der Waals surface area contributed by atoms with Crippen molar-refractivity contribution < 1.29 is 4.74 Å². The molecule has 0 aliphatic carbocycles. The van der Waals surface area contributed by atoms with Crippen LogP contribution in [-0.2, 0) is 0 Å². The molecule has 1 N–H and O–H groups in total. The van der Waals surface area contributed by atoms with Gasteiger partial charge in [-0.05, 0) is 50.2 Å². The zero-order valence-electron chi connectivity index (χ0n) is 13.5. The fourth-order valence-electron chi connectivity index (χ4n) is 2.18. The number of hydrogen-bond donors (Lipinski definition) is 1. The molecular weight excluding hydrogens is 302 g/mol. The zero-order valence-corrected chi connectivity index (χ0v) is 13.5. The number of nitrogens with one attached hydrogen (secondary N) is 1. The van der Waals surface area contributed by atoms with Gasteiger partial charge in [0, 0.05) is 11.8 Å². The molecule has 0 radical (unpaired) electrons. The van der Waals surface area contributed by atoms with Gasteiger partial charge in [0.1, 0.15) is 12.1 Å². The molecule has 0 saturated heterocycles. The van der Waals surface area contributed by atoms with E-state index in [1.54, 1.807) is 23.1 Å². The SMILES string of the molecule is CC(C)Oc1cccc(Nc2ncn(-c3ccc(C#N)cc3)n2)c1. The number of anilines is 2. The van der Waals surface area contributed by atoms with Crippen LogP contribution >= 0.6 is 0 Å². The van der Waals surface area contributed by atoms with Crippen LogP contribution < -0.4 is 10.1 Å². The van der Waals surface area contributed by atoms with Crippen molar-refractivity contribution in [1.82, 2.24) is 14.8 Å². The van der Waals surface area contributed by atoms with E-state index in [0.717, 1.165) is 17.1 Å². The Morgan fingerprint density at radius 1 is 1.17 bits per heavy atom. The summed E-state index contributed by atoms with van der Waals surface area (Å²) in [7, 11) is 0. The van der Waals surface area contributed by atoms with Crippen molar-refractivity contribution in [3.8, 4) is 17.5 Å². The van der Waals surface area contributed by atoms with Gasteiger partial charge in [0.05, 0.1) is 23.4 Å². The van der Waals surface area contributed by atoms with Gasteiger partial charge in [-0.25, -0.2) is 4.68 Å². The highest BCUT2D eigenvalue weighted by molar-refractivity contribution is 5.55. The number of hydrogen-bond acceptors (Lipinski definition) is 5. The Bertz CT molecular complexity index is 862.